The number of aryl methyl sites for hydroxylation is 1. The molecule has 1 aliphatic rings. The number of esters is 1. The van der Waals surface area contributed by atoms with Gasteiger partial charge in [-0.15, -0.1) is 0 Å². The molecule has 2 heterocycles. The van der Waals surface area contributed by atoms with Gasteiger partial charge in [-0.1, -0.05) is 43.7 Å². The Morgan fingerprint density at radius 3 is 2.46 bits per heavy atom. The summed E-state index contributed by atoms with van der Waals surface area (Å²) in [5.41, 5.74) is 5.81. The first-order chi connectivity index (χ1) is 19.4. The fourth-order valence-corrected chi connectivity index (χ4v) is 7.54. The molecule has 2 aromatic carbocycles. The fourth-order valence-electron chi connectivity index (χ4n) is 5.97. The molecule has 2 atom stereocenters. The van der Waals surface area contributed by atoms with E-state index in [0.717, 1.165) is 46.5 Å². The molecule has 0 spiro atoms. The van der Waals surface area contributed by atoms with E-state index in [2.05, 4.69) is 6.92 Å². The number of aromatic nitrogens is 1. The zero-order valence-electron chi connectivity index (χ0n) is 25.0. The molecule has 41 heavy (non-hydrogen) atoms. The summed E-state index contributed by atoms with van der Waals surface area (Å²) in [6, 6.07) is 12.7. The van der Waals surface area contributed by atoms with Gasteiger partial charge < -0.3 is 14.0 Å². The van der Waals surface area contributed by atoms with E-state index >= 15 is 0 Å². The Morgan fingerprint density at radius 1 is 1.12 bits per heavy atom. The SMILES string of the molecule is CCC[C@@H]1CN(Cc2cc(C(CC(=O)OC)c3c(C)c(C(C)=O)c(C)n3C)ccc2C)S(=O)(=O)c2ccccc2O1. The summed E-state index contributed by atoms with van der Waals surface area (Å²) in [5.74, 6) is -0.408. The summed E-state index contributed by atoms with van der Waals surface area (Å²) in [6.07, 6.45) is 1.40. The van der Waals surface area contributed by atoms with Crippen molar-refractivity contribution >= 4 is 21.8 Å². The van der Waals surface area contributed by atoms with Gasteiger partial charge in [-0.3, -0.25) is 9.59 Å². The standard InChI is InChI=1S/C32H40N2O6S/c1-8-11-26-19-34(41(37,38)29-13-10-9-12-28(29)40-26)18-25-16-24(15-14-20(25)2)27(17-30(36)39-7)32-21(3)31(23(5)35)22(4)33(32)6/h9-10,12-16,26-27H,8,11,17-19H2,1-7H3/t26-,27?/m1/s1. The summed E-state index contributed by atoms with van der Waals surface area (Å²) in [5, 5.41) is 0. The Morgan fingerprint density at radius 2 is 1.83 bits per heavy atom. The molecule has 0 fully saturated rings. The number of methoxy groups -OCH3 is 1. The molecule has 4 rings (SSSR count). The van der Waals surface area contributed by atoms with Crippen LogP contribution in [0.1, 0.15) is 83.0 Å². The van der Waals surface area contributed by atoms with Crippen LogP contribution in [0.2, 0.25) is 0 Å². The monoisotopic (exact) mass is 580 g/mol. The Hall–Kier alpha value is -3.43. The number of Topliss-reactive ketones (excluding diaryl/α,β-unsaturated/α-hetero) is 1. The van der Waals surface area contributed by atoms with Gasteiger partial charge >= 0.3 is 5.97 Å². The normalized spacial score (nSPS) is 17.3. The van der Waals surface area contributed by atoms with Crippen LogP contribution in [0.4, 0.5) is 0 Å². The highest BCUT2D eigenvalue weighted by atomic mass is 32.2. The lowest BCUT2D eigenvalue weighted by Gasteiger charge is -2.25. The Kier molecular flexibility index (Phi) is 9.09. The molecule has 0 amide bonds. The van der Waals surface area contributed by atoms with Gasteiger partial charge in [-0.05, 0) is 68.5 Å². The number of ether oxygens (including phenoxy) is 2. The third-order valence-corrected chi connectivity index (χ3v) is 10.0. The highest BCUT2D eigenvalue weighted by molar-refractivity contribution is 7.89. The molecule has 0 radical (unpaired) electrons. The summed E-state index contributed by atoms with van der Waals surface area (Å²) in [4.78, 5) is 25.3. The van der Waals surface area contributed by atoms with Crippen LogP contribution in [-0.2, 0) is 33.1 Å². The zero-order valence-corrected chi connectivity index (χ0v) is 25.8. The molecule has 1 aliphatic heterocycles. The van der Waals surface area contributed by atoms with Crippen LogP contribution in [0.15, 0.2) is 47.4 Å². The Labute approximate surface area is 243 Å². The van der Waals surface area contributed by atoms with E-state index in [1.54, 1.807) is 31.2 Å². The van der Waals surface area contributed by atoms with Gasteiger partial charge in [0.2, 0.25) is 10.0 Å². The molecule has 3 aromatic rings. The average molecular weight is 581 g/mol. The number of hydrogen-bond acceptors (Lipinski definition) is 6. The zero-order chi connectivity index (χ0) is 30.1. The van der Waals surface area contributed by atoms with Crippen LogP contribution in [0.25, 0.3) is 0 Å². The number of benzene rings is 2. The van der Waals surface area contributed by atoms with Gasteiger partial charge in [0, 0.05) is 36.5 Å². The third-order valence-electron chi connectivity index (χ3n) is 8.17. The molecule has 8 nitrogen and oxygen atoms in total. The molecule has 0 saturated heterocycles. The van der Waals surface area contributed by atoms with Gasteiger partial charge in [-0.25, -0.2) is 8.42 Å². The molecule has 0 saturated carbocycles. The second kappa shape index (κ2) is 12.2. The van der Waals surface area contributed by atoms with E-state index in [9.17, 15) is 18.0 Å². The fraction of sp³-hybridized carbons (Fsp3) is 0.438. The van der Waals surface area contributed by atoms with E-state index in [0.29, 0.717) is 11.3 Å². The first-order valence-corrected chi connectivity index (χ1v) is 15.4. The summed E-state index contributed by atoms with van der Waals surface area (Å²) < 4.78 is 42.4. The number of rotatable bonds is 9. The van der Waals surface area contributed by atoms with Gasteiger partial charge in [0.05, 0.1) is 20.1 Å². The van der Waals surface area contributed by atoms with Crippen molar-refractivity contribution in [2.24, 2.45) is 7.05 Å². The molecule has 9 heteroatoms. The summed E-state index contributed by atoms with van der Waals surface area (Å²) in [6.45, 7) is 9.77. The highest BCUT2D eigenvalue weighted by Gasteiger charge is 2.35. The van der Waals surface area contributed by atoms with Crippen LogP contribution in [0.3, 0.4) is 0 Å². The topological polar surface area (TPSA) is 94.9 Å². The quantitative estimate of drug-likeness (QED) is 0.242. The maximum atomic E-state index is 13.9. The number of hydrogen-bond donors (Lipinski definition) is 0. The van der Waals surface area contributed by atoms with Crippen molar-refractivity contribution in [1.29, 1.82) is 0 Å². The first-order valence-electron chi connectivity index (χ1n) is 14.0. The lowest BCUT2D eigenvalue weighted by Crippen LogP contribution is -2.36. The number of carbonyl (C=O) groups is 2. The number of carbonyl (C=O) groups excluding carboxylic acids is 2. The third kappa shape index (κ3) is 5.97. The number of fused-ring (bicyclic) bond motifs is 1. The predicted molar refractivity (Wildman–Crippen MR) is 158 cm³/mol. The van der Waals surface area contributed by atoms with Crippen LogP contribution < -0.4 is 4.74 Å². The molecule has 1 unspecified atom stereocenters. The van der Waals surface area contributed by atoms with E-state index in [4.69, 9.17) is 9.47 Å². The number of ketones is 1. The molecule has 0 bridgehead atoms. The number of para-hydroxylation sites is 1. The largest absolute Gasteiger partial charge is 0.488 e. The van der Waals surface area contributed by atoms with E-state index in [1.165, 1.54) is 11.4 Å². The van der Waals surface area contributed by atoms with Crippen molar-refractivity contribution in [2.45, 2.75) is 77.3 Å². The van der Waals surface area contributed by atoms with Crippen LogP contribution in [-0.4, -0.2) is 48.8 Å². The van der Waals surface area contributed by atoms with E-state index in [-0.39, 0.29) is 42.3 Å². The second-order valence-corrected chi connectivity index (χ2v) is 12.8. The van der Waals surface area contributed by atoms with Gasteiger partial charge in [-0.2, -0.15) is 4.31 Å². The predicted octanol–water partition coefficient (Wildman–Crippen LogP) is 5.60. The van der Waals surface area contributed by atoms with Crippen molar-refractivity contribution in [3.05, 3.63) is 81.7 Å². The van der Waals surface area contributed by atoms with Gasteiger partial charge in [0.25, 0.3) is 0 Å². The van der Waals surface area contributed by atoms with Crippen molar-refractivity contribution in [3.8, 4) is 5.75 Å². The van der Waals surface area contributed by atoms with Crippen molar-refractivity contribution < 1.29 is 27.5 Å². The molecular formula is C32H40N2O6S. The maximum absolute atomic E-state index is 13.9. The smallest absolute Gasteiger partial charge is 0.306 e. The number of nitrogens with zero attached hydrogens (tertiary/aromatic N) is 2. The molecule has 0 N–H and O–H groups in total. The van der Waals surface area contributed by atoms with Crippen molar-refractivity contribution in [2.75, 3.05) is 13.7 Å². The lowest BCUT2D eigenvalue weighted by molar-refractivity contribution is -0.140. The first kappa shape index (κ1) is 30.5. The molecule has 220 valence electrons. The number of sulfonamides is 1. The minimum atomic E-state index is -3.83. The Bertz CT molecular complexity index is 1570. The minimum absolute atomic E-state index is 0.0289. The van der Waals surface area contributed by atoms with E-state index < -0.39 is 15.9 Å². The van der Waals surface area contributed by atoms with E-state index in [1.807, 2.05) is 50.6 Å². The molecule has 0 aliphatic carbocycles. The average Bonchev–Trinajstić information content (AvgIpc) is 3.08. The maximum Gasteiger partial charge on any atom is 0.306 e. The Balaban J connectivity index is 1.80. The molecule has 1 aromatic heterocycles. The van der Waals surface area contributed by atoms with Crippen molar-refractivity contribution in [3.63, 3.8) is 0 Å². The lowest BCUT2D eigenvalue weighted by atomic mass is 9.87. The van der Waals surface area contributed by atoms with Crippen molar-refractivity contribution in [1.82, 2.24) is 8.87 Å². The van der Waals surface area contributed by atoms with Gasteiger partial charge in [0.15, 0.2) is 5.78 Å². The van der Waals surface area contributed by atoms with Crippen LogP contribution in [0, 0.1) is 20.8 Å². The van der Waals surface area contributed by atoms with Gasteiger partial charge in [0.1, 0.15) is 16.7 Å². The second-order valence-electron chi connectivity index (χ2n) is 10.9. The summed E-state index contributed by atoms with van der Waals surface area (Å²) >= 11 is 0. The molecular weight excluding hydrogens is 540 g/mol. The highest BCUT2D eigenvalue weighted by Crippen LogP contribution is 2.37. The van der Waals surface area contributed by atoms with Crippen LogP contribution >= 0.6 is 0 Å². The van der Waals surface area contributed by atoms with Crippen LogP contribution in [0.5, 0.6) is 5.75 Å². The summed E-state index contributed by atoms with van der Waals surface area (Å²) in [7, 11) is -0.563. The minimum Gasteiger partial charge on any atom is -0.488 e.